The van der Waals surface area contributed by atoms with E-state index in [1.807, 2.05) is 39.6 Å². The van der Waals surface area contributed by atoms with Crippen molar-refractivity contribution < 1.29 is 9.59 Å². The third kappa shape index (κ3) is 3.88. The summed E-state index contributed by atoms with van der Waals surface area (Å²) in [4.78, 5) is 29.1. The third-order valence-corrected chi connectivity index (χ3v) is 6.22. The minimum Gasteiger partial charge on any atom is -0.339 e. The van der Waals surface area contributed by atoms with Gasteiger partial charge in [-0.1, -0.05) is 30.9 Å². The van der Waals surface area contributed by atoms with E-state index in [-0.39, 0.29) is 11.8 Å². The predicted molar refractivity (Wildman–Crippen MR) is 107 cm³/mol. The normalized spacial score (nSPS) is 18.2. The molecule has 2 aromatic rings. The van der Waals surface area contributed by atoms with Crippen molar-refractivity contribution in [3.8, 4) is 0 Å². The fourth-order valence-corrected chi connectivity index (χ4v) is 4.47. The lowest BCUT2D eigenvalue weighted by Gasteiger charge is -2.35. The maximum Gasteiger partial charge on any atom is 0.254 e. The van der Waals surface area contributed by atoms with Crippen LogP contribution in [0.15, 0.2) is 18.2 Å². The van der Waals surface area contributed by atoms with Crippen LogP contribution < -0.4 is 0 Å². The first-order valence-electron chi connectivity index (χ1n) is 10.6. The highest BCUT2D eigenvalue weighted by Crippen LogP contribution is 2.28. The molecule has 2 aliphatic rings. The van der Waals surface area contributed by atoms with Crippen molar-refractivity contribution in [1.29, 1.82) is 0 Å². The van der Waals surface area contributed by atoms with Crippen LogP contribution in [0.3, 0.4) is 0 Å². The van der Waals surface area contributed by atoms with Gasteiger partial charge in [-0.3, -0.25) is 9.59 Å². The Kier molecular flexibility index (Phi) is 5.59. The van der Waals surface area contributed by atoms with E-state index in [2.05, 4.69) is 10.3 Å². The molecule has 2 amide bonds. The molecule has 7 heteroatoms. The molecule has 2 fully saturated rings. The molecule has 0 atom stereocenters. The Hall–Kier alpha value is -2.44. The molecule has 1 aliphatic carbocycles. The maximum absolute atomic E-state index is 12.9. The van der Waals surface area contributed by atoms with Gasteiger partial charge in [0.2, 0.25) is 5.91 Å². The predicted octanol–water partition coefficient (Wildman–Crippen LogP) is 2.71. The zero-order valence-electron chi connectivity index (χ0n) is 16.6. The number of benzene rings is 1. The van der Waals surface area contributed by atoms with E-state index in [1.165, 1.54) is 25.7 Å². The molecule has 4 rings (SSSR count). The Balaban J connectivity index is 1.31. The average Bonchev–Trinajstić information content (AvgIpc) is 3.40. The van der Waals surface area contributed by atoms with Crippen LogP contribution in [0.5, 0.6) is 0 Å². The number of hydrogen-bond donors (Lipinski definition) is 0. The molecule has 1 saturated carbocycles. The molecule has 28 heavy (non-hydrogen) atoms. The maximum atomic E-state index is 12.9. The highest BCUT2D eigenvalue weighted by Gasteiger charge is 2.26. The molecular weight excluding hydrogens is 354 g/mol. The molecule has 7 nitrogen and oxygen atoms in total. The lowest BCUT2D eigenvalue weighted by atomic mass is 10.0. The first kappa shape index (κ1) is 18.9. The number of fused-ring (bicyclic) bond motifs is 1. The van der Waals surface area contributed by atoms with Gasteiger partial charge in [0.15, 0.2) is 0 Å². The summed E-state index contributed by atoms with van der Waals surface area (Å²) in [6, 6.07) is 5.57. The summed E-state index contributed by atoms with van der Waals surface area (Å²) < 4.78 is 1.82. The van der Waals surface area contributed by atoms with Crippen LogP contribution in [0.1, 0.15) is 55.8 Å². The molecule has 0 bridgehead atoms. The summed E-state index contributed by atoms with van der Waals surface area (Å²) >= 11 is 0. The van der Waals surface area contributed by atoms with E-state index < -0.39 is 0 Å². The van der Waals surface area contributed by atoms with Crippen molar-refractivity contribution in [3.05, 3.63) is 23.8 Å². The van der Waals surface area contributed by atoms with Crippen molar-refractivity contribution >= 4 is 22.8 Å². The van der Waals surface area contributed by atoms with Gasteiger partial charge in [-0.05, 0) is 37.5 Å². The number of aryl methyl sites for hydroxylation is 1. The highest BCUT2D eigenvalue weighted by atomic mass is 16.2. The molecule has 1 aliphatic heterocycles. The van der Waals surface area contributed by atoms with Gasteiger partial charge in [-0.25, -0.2) is 4.68 Å². The second-order valence-corrected chi connectivity index (χ2v) is 7.97. The Morgan fingerprint density at radius 3 is 2.50 bits per heavy atom. The van der Waals surface area contributed by atoms with E-state index in [4.69, 9.17) is 0 Å². The van der Waals surface area contributed by atoms with Crippen LogP contribution >= 0.6 is 0 Å². The molecule has 1 aromatic heterocycles. The van der Waals surface area contributed by atoms with Gasteiger partial charge in [-0.15, -0.1) is 5.10 Å². The molecule has 1 saturated heterocycles. The number of carbonyl (C=O) groups excluding carboxylic acids is 2. The summed E-state index contributed by atoms with van der Waals surface area (Å²) in [5.74, 6) is 0.995. The van der Waals surface area contributed by atoms with Crippen LogP contribution in [-0.2, 0) is 11.3 Å². The molecule has 0 spiro atoms. The van der Waals surface area contributed by atoms with Crippen molar-refractivity contribution in [2.24, 2.45) is 5.92 Å². The summed E-state index contributed by atoms with van der Waals surface area (Å²) in [6.07, 6.45) is 6.89. The SMILES string of the molecule is CCn1nnc2cc(C(=O)N3CCN(C(=O)CCC4CCCC4)CC3)ccc21. The van der Waals surface area contributed by atoms with Gasteiger partial charge < -0.3 is 9.80 Å². The molecular formula is C21H29N5O2. The molecule has 0 radical (unpaired) electrons. The van der Waals surface area contributed by atoms with Crippen LogP contribution in [0.4, 0.5) is 0 Å². The van der Waals surface area contributed by atoms with Crippen LogP contribution in [-0.4, -0.2) is 62.8 Å². The minimum atomic E-state index is 0.00556. The van der Waals surface area contributed by atoms with Crippen molar-refractivity contribution in [2.75, 3.05) is 26.2 Å². The van der Waals surface area contributed by atoms with Gasteiger partial charge in [0.05, 0.1) is 5.52 Å². The fourth-order valence-electron chi connectivity index (χ4n) is 4.47. The lowest BCUT2D eigenvalue weighted by molar-refractivity contribution is -0.133. The zero-order valence-corrected chi connectivity index (χ0v) is 16.6. The molecule has 0 N–H and O–H groups in total. The first-order valence-corrected chi connectivity index (χ1v) is 10.6. The van der Waals surface area contributed by atoms with Crippen LogP contribution in [0.2, 0.25) is 0 Å². The standard InChI is InChI=1S/C21H29N5O2/c1-2-26-19-9-8-17(15-18(19)22-23-26)21(28)25-13-11-24(12-14-25)20(27)10-7-16-5-3-4-6-16/h8-9,15-16H,2-7,10-14H2,1H3. The summed E-state index contributed by atoms with van der Waals surface area (Å²) in [5.41, 5.74) is 2.32. The number of hydrogen-bond acceptors (Lipinski definition) is 4. The smallest absolute Gasteiger partial charge is 0.254 e. The quantitative estimate of drug-likeness (QED) is 0.796. The second-order valence-electron chi connectivity index (χ2n) is 7.97. The topological polar surface area (TPSA) is 71.3 Å². The number of carbonyl (C=O) groups is 2. The Morgan fingerprint density at radius 2 is 1.79 bits per heavy atom. The number of aromatic nitrogens is 3. The van der Waals surface area contributed by atoms with Gasteiger partial charge >= 0.3 is 0 Å². The van der Waals surface area contributed by atoms with E-state index in [9.17, 15) is 9.59 Å². The average molecular weight is 383 g/mol. The number of piperazine rings is 1. The summed E-state index contributed by atoms with van der Waals surface area (Å²) in [6.45, 7) is 5.20. The van der Waals surface area contributed by atoms with Gasteiger partial charge in [0.25, 0.3) is 5.91 Å². The number of amides is 2. The molecule has 150 valence electrons. The van der Waals surface area contributed by atoms with Crippen LogP contribution in [0, 0.1) is 5.92 Å². The fraction of sp³-hybridized carbons (Fsp3) is 0.619. The van der Waals surface area contributed by atoms with Gasteiger partial charge in [0.1, 0.15) is 5.52 Å². The van der Waals surface area contributed by atoms with Crippen molar-refractivity contribution in [2.45, 2.75) is 52.0 Å². The largest absolute Gasteiger partial charge is 0.339 e. The highest BCUT2D eigenvalue weighted by molar-refractivity contribution is 5.97. The van der Waals surface area contributed by atoms with Crippen molar-refractivity contribution in [1.82, 2.24) is 24.8 Å². The summed E-state index contributed by atoms with van der Waals surface area (Å²) in [5, 5.41) is 8.25. The Bertz CT molecular complexity index is 848. The lowest BCUT2D eigenvalue weighted by Crippen LogP contribution is -2.50. The van der Waals surface area contributed by atoms with Crippen LogP contribution in [0.25, 0.3) is 11.0 Å². The van der Waals surface area contributed by atoms with E-state index in [0.29, 0.717) is 38.2 Å². The first-order chi connectivity index (χ1) is 13.7. The Morgan fingerprint density at radius 1 is 1.07 bits per heavy atom. The van der Waals surface area contributed by atoms with E-state index >= 15 is 0 Å². The van der Waals surface area contributed by atoms with E-state index in [1.54, 1.807) is 0 Å². The Labute approximate surface area is 165 Å². The molecule has 1 aromatic carbocycles. The zero-order chi connectivity index (χ0) is 19.5. The van der Waals surface area contributed by atoms with Gasteiger partial charge in [-0.2, -0.15) is 0 Å². The second kappa shape index (κ2) is 8.29. The van der Waals surface area contributed by atoms with E-state index in [0.717, 1.165) is 29.9 Å². The van der Waals surface area contributed by atoms with Gasteiger partial charge in [0, 0.05) is 44.7 Å². The molecule has 2 heterocycles. The number of nitrogens with zero attached hydrogens (tertiary/aromatic N) is 5. The minimum absolute atomic E-state index is 0.00556. The third-order valence-electron chi connectivity index (χ3n) is 6.22. The summed E-state index contributed by atoms with van der Waals surface area (Å²) in [7, 11) is 0. The number of rotatable bonds is 5. The molecule has 0 unspecified atom stereocenters. The van der Waals surface area contributed by atoms with Crippen molar-refractivity contribution in [3.63, 3.8) is 0 Å². The monoisotopic (exact) mass is 383 g/mol.